The summed E-state index contributed by atoms with van der Waals surface area (Å²) in [6, 6.07) is 23.7. The van der Waals surface area contributed by atoms with Crippen LogP contribution in [0.1, 0.15) is 40.3 Å². The van der Waals surface area contributed by atoms with E-state index < -0.39 is 0 Å². The second-order valence-corrected chi connectivity index (χ2v) is 8.32. The Morgan fingerprint density at radius 1 is 0.970 bits per heavy atom. The van der Waals surface area contributed by atoms with Gasteiger partial charge in [-0.15, -0.1) is 0 Å². The summed E-state index contributed by atoms with van der Waals surface area (Å²) >= 11 is 0. The number of aryl methyl sites for hydroxylation is 2. The largest absolute Gasteiger partial charge is 0.344 e. The molecular weight excluding hydrogens is 412 g/mol. The molecule has 1 amide bonds. The zero-order chi connectivity index (χ0) is 23.1. The van der Waals surface area contributed by atoms with Gasteiger partial charge in [-0.25, -0.2) is 4.52 Å². The molecule has 2 aromatic heterocycles. The van der Waals surface area contributed by atoms with E-state index in [0.717, 1.165) is 27.6 Å². The first kappa shape index (κ1) is 20.7. The molecule has 6 nitrogen and oxygen atoms in total. The van der Waals surface area contributed by atoms with Crippen LogP contribution >= 0.6 is 0 Å². The summed E-state index contributed by atoms with van der Waals surface area (Å²) in [5.41, 5.74) is 4.26. The number of carbonyl (C=O) groups excluding carboxylic acids is 1. The van der Waals surface area contributed by atoms with Crippen molar-refractivity contribution in [2.75, 3.05) is 0 Å². The van der Waals surface area contributed by atoms with E-state index in [1.807, 2.05) is 80.6 Å². The molecule has 6 heteroatoms. The number of hydrogen-bond donors (Lipinski definition) is 2. The van der Waals surface area contributed by atoms with Crippen molar-refractivity contribution in [1.82, 2.24) is 19.9 Å². The monoisotopic (exact) mass is 436 g/mol. The van der Waals surface area contributed by atoms with Crippen molar-refractivity contribution >= 4 is 22.2 Å². The fraction of sp³-hybridized carbons (Fsp3) is 0.148. The van der Waals surface area contributed by atoms with Gasteiger partial charge in [0.15, 0.2) is 5.69 Å². The van der Waals surface area contributed by atoms with Gasteiger partial charge in [-0.3, -0.25) is 9.59 Å². The van der Waals surface area contributed by atoms with Crippen molar-refractivity contribution in [3.8, 4) is 11.3 Å². The van der Waals surface area contributed by atoms with Gasteiger partial charge in [0.2, 0.25) is 0 Å². The number of aromatic nitrogens is 3. The molecule has 5 aromatic rings. The molecule has 33 heavy (non-hydrogen) atoms. The molecule has 0 saturated carbocycles. The summed E-state index contributed by atoms with van der Waals surface area (Å²) in [5.74, 6) is -0.307. The molecule has 0 bridgehead atoms. The molecule has 2 heterocycles. The first-order valence-electron chi connectivity index (χ1n) is 10.9. The van der Waals surface area contributed by atoms with Crippen LogP contribution in [0.3, 0.4) is 0 Å². The maximum Gasteiger partial charge on any atom is 0.274 e. The molecule has 0 fully saturated rings. The first-order valence-corrected chi connectivity index (χ1v) is 10.9. The summed E-state index contributed by atoms with van der Waals surface area (Å²) in [4.78, 5) is 29.1. The van der Waals surface area contributed by atoms with E-state index in [0.29, 0.717) is 16.8 Å². The smallest absolute Gasteiger partial charge is 0.274 e. The molecule has 0 spiro atoms. The highest BCUT2D eigenvalue weighted by molar-refractivity contribution is 5.96. The number of fused-ring (bicyclic) bond motifs is 2. The molecule has 5 rings (SSSR count). The van der Waals surface area contributed by atoms with Crippen molar-refractivity contribution in [3.63, 3.8) is 0 Å². The van der Waals surface area contributed by atoms with Crippen LogP contribution in [-0.4, -0.2) is 20.5 Å². The maximum atomic E-state index is 13.0. The second-order valence-electron chi connectivity index (χ2n) is 8.32. The van der Waals surface area contributed by atoms with Gasteiger partial charge >= 0.3 is 0 Å². The van der Waals surface area contributed by atoms with Crippen LogP contribution in [-0.2, 0) is 0 Å². The molecule has 0 aliphatic heterocycles. The molecule has 0 radical (unpaired) electrons. The van der Waals surface area contributed by atoms with Crippen LogP contribution in [0.4, 0.5) is 0 Å². The maximum absolute atomic E-state index is 13.0. The summed E-state index contributed by atoms with van der Waals surface area (Å²) in [7, 11) is 0. The lowest BCUT2D eigenvalue weighted by atomic mass is 10.0. The van der Waals surface area contributed by atoms with E-state index in [4.69, 9.17) is 0 Å². The predicted octanol–water partition coefficient (Wildman–Crippen LogP) is 4.95. The Morgan fingerprint density at radius 2 is 1.67 bits per heavy atom. The average Bonchev–Trinajstić information content (AvgIpc) is 3.19. The first-order chi connectivity index (χ1) is 15.9. The number of H-pyrrole nitrogens is 1. The Labute approximate surface area is 190 Å². The molecule has 0 saturated heterocycles. The van der Waals surface area contributed by atoms with E-state index in [-0.39, 0.29) is 23.2 Å². The minimum Gasteiger partial charge on any atom is -0.344 e. The molecule has 3 aromatic carbocycles. The van der Waals surface area contributed by atoms with Gasteiger partial charge in [0.05, 0.1) is 17.4 Å². The summed E-state index contributed by atoms with van der Waals surface area (Å²) in [5, 5.41) is 9.76. The van der Waals surface area contributed by atoms with Crippen LogP contribution in [0.15, 0.2) is 77.6 Å². The van der Waals surface area contributed by atoms with E-state index >= 15 is 0 Å². The predicted molar refractivity (Wildman–Crippen MR) is 131 cm³/mol. The molecule has 164 valence electrons. The lowest BCUT2D eigenvalue weighted by molar-refractivity contribution is 0.0934. The van der Waals surface area contributed by atoms with Crippen LogP contribution < -0.4 is 10.9 Å². The number of benzene rings is 3. The molecule has 1 atom stereocenters. The average molecular weight is 437 g/mol. The van der Waals surface area contributed by atoms with E-state index in [9.17, 15) is 9.59 Å². The van der Waals surface area contributed by atoms with Gasteiger partial charge in [0, 0.05) is 11.1 Å². The molecule has 0 aliphatic rings. The SMILES string of the molecule is Cc1c(C(=O)N[C@H](C)c2ccccc2)nn2c(C)c(-c3ccc4ccccc4c3)[nH]c(=O)c12. The van der Waals surface area contributed by atoms with Crippen molar-refractivity contribution in [3.05, 3.63) is 106 Å². The van der Waals surface area contributed by atoms with Gasteiger partial charge in [0.25, 0.3) is 11.5 Å². The quantitative estimate of drug-likeness (QED) is 0.418. The lowest BCUT2D eigenvalue weighted by Crippen LogP contribution is -2.27. The third-order valence-corrected chi connectivity index (χ3v) is 6.16. The Hall–Kier alpha value is -4.19. The number of aromatic amines is 1. The normalized spacial score (nSPS) is 12.2. The van der Waals surface area contributed by atoms with Crippen molar-refractivity contribution < 1.29 is 4.79 Å². The molecule has 0 aliphatic carbocycles. The van der Waals surface area contributed by atoms with Gasteiger partial charge < -0.3 is 10.3 Å². The van der Waals surface area contributed by atoms with E-state index in [1.54, 1.807) is 11.4 Å². The van der Waals surface area contributed by atoms with E-state index in [1.165, 1.54) is 0 Å². The fourth-order valence-electron chi connectivity index (χ4n) is 4.31. The zero-order valence-corrected chi connectivity index (χ0v) is 18.7. The summed E-state index contributed by atoms with van der Waals surface area (Å²) in [6.45, 7) is 5.58. The third kappa shape index (κ3) is 3.59. The van der Waals surface area contributed by atoms with Gasteiger partial charge in [-0.05, 0) is 43.2 Å². The number of amides is 1. The summed E-state index contributed by atoms with van der Waals surface area (Å²) in [6.07, 6.45) is 0. The summed E-state index contributed by atoms with van der Waals surface area (Å²) < 4.78 is 1.58. The second kappa shape index (κ2) is 8.06. The number of hydrogen-bond acceptors (Lipinski definition) is 3. The van der Waals surface area contributed by atoms with Crippen LogP contribution in [0.2, 0.25) is 0 Å². The minimum atomic E-state index is -0.307. The van der Waals surface area contributed by atoms with Gasteiger partial charge in [-0.2, -0.15) is 5.10 Å². The topological polar surface area (TPSA) is 79.3 Å². The highest BCUT2D eigenvalue weighted by Crippen LogP contribution is 2.26. The van der Waals surface area contributed by atoms with Crippen molar-refractivity contribution in [2.24, 2.45) is 0 Å². The van der Waals surface area contributed by atoms with Gasteiger partial charge in [-0.1, -0.05) is 66.7 Å². The standard InChI is InChI=1S/C27H24N4O2/c1-16-23(26(32)28-17(2)19-9-5-4-6-10-19)30-31-18(3)24(29-27(33)25(16)31)22-14-13-20-11-7-8-12-21(20)15-22/h4-15,17H,1-3H3,(H,28,32)(H,29,33)/t17-/m1/s1. The van der Waals surface area contributed by atoms with Crippen LogP contribution in [0.25, 0.3) is 27.5 Å². The molecule has 0 unspecified atom stereocenters. The minimum absolute atomic E-state index is 0.185. The number of rotatable bonds is 4. The van der Waals surface area contributed by atoms with E-state index in [2.05, 4.69) is 21.5 Å². The van der Waals surface area contributed by atoms with Crippen LogP contribution in [0, 0.1) is 13.8 Å². The lowest BCUT2D eigenvalue weighted by Gasteiger charge is -2.13. The Kier molecular flexibility index (Phi) is 5.05. The third-order valence-electron chi connectivity index (χ3n) is 6.16. The van der Waals surface area contributed by atoms with Crippen LogP contribution in [0.5, 0.6) is 0 Å². The zero-order valence-electron chi connectivity index (χ0n) is 18.7. The molecule has 2 N–H and O–H groups in total. The molecular formula is C27H24N4O2. The van der Waals surface area contributed by atoms with Gasteiger partial charge in [0.1, 0.15) is 5.52 Å². The Balaban J connectivity index is 1.57. The van der Waals surface area contributed by atoms with Crippen molar-refractivity contribution in [2.45, 2.75) is 26.8 Å². The fourth-order valence-corrected chi connectivity index (χ4v) is 4.31. The number of carbonyl (C=O) groups is 1. The highest BCUT2D eigenvalue weighted by Gasteiger charge is 2.22. The van der Waals surface area contributed by atoms with Crippen molar-refractivity contribution in [1.29, 1.82) is 0 Å². The number of nitrogens with zero attached hydrogens (tertiary/aromatic N) is 2. The highest BCUT2D eigenvalue weighted by atomic mass is 16.2. The Bertz CT molecular complexity index is 1560. The Morgan fingerprint density at radius 3 is 2.42 bits per heavy atom. The number of nitrogens with one attached hydrogen (secondary N) is 2.